The van der Waals surface area contributed by atoms with Crippen LogP contribution in [-0.2, 0) is 31.0 Å². The number of piperidine rings is 1. The fourth-order valence-electron chi connectivity index (χ4n) is 4.33. The van der Waals surface area contributed by atoms with Crippen molar-refractivity contribution in [2.75, 3.05) is 0 Å². The number of nitrogens with one attached hydrogen (secondary N) is 1. The van der Waals surface area contributed by atoms with Crippen LogP contribution in [0.2, 0.25) is 0 Å². The normalized spacial score (nSPS) is 29.8. The van der Waals surface area contributed by atoms with Crippen LogP contribution >= 0.6 is 0 Å². The third-order valence-corrected chi connectivity index (χ3v) is 5.45. The van der Waals surface area contributed by atoms with Gasteiger partial charge in [-0.2, -0.15) is 0 Å². The van der Waals surface area contributed by atoms with E-state index < -0.39 is 17.4 Å². The Balaban J connectivity index is 1.73. The summed E-state index contributed by atoms with van der Waals surface area (Å²) in [6.45, 7) is 0. The highest BCUT2D eigenvalue weighted by Crippen LogP contribution is 2.46. The van der Waals surface area contributed by atoms with E-state index in [1.54, 1.807) is 0 Å². The number of carbonyl (C=O) groups is 4. The molecule has 2 fully saturated rings. The molecule has 4 amide bonds. The summed E-state index contributed by atoms with van der Waals surface area (Å²) in [4.78, 5) is 50.4. The zero-order chi connectivity index (χ0) is 16.9. The van der Waals surface area contributed by atoms with Crippen LogP contribution in [0.4, 0.5) is 0 Å². The lowest BCUT2D eigenvalue weighted by Crippen LogP contribution is -2.55. The summed E-state index contributed by atoms with van der Waals surface area (Å²) >= 11 is 0. The van der Waals surface area contributed by atoms with Gasteiger partial charge in [-0.3, -0.25) is 29.4 Å². The summed E-state index contributed by atoms with van der Waals surface area (Å²) in [5, 5.41) is 2.23. The molecule has 1 aliphatic carbocycles. The number of aryl methyl sites for hydroxylation is 1. The molecule has 0 aromatic heterocycles. The molecule has 4 rings (SSSR count). The number of benzene rings is 1. The fraction of sp³-hybridized carbons (Fsp3) is 0.444. The minimum absolute atomic E-state index is 0.112. The molecule has 24 heavy (non-hydrogen) atoms. The maximum absolute atomic E-state index is 13.2. The van der Waals surface area contributed by atoms with Crippen molar-refractivity contribution in [2.24, 2.45) is 0 Å². The Kier molecular flexibility index (Phi) is 3.30. The van der Waals surface area contributed by atoms with E-state index in [9.17, 15) is 19.2 Å². The summed E-state index contributed by atoms with van der Waals surface area (Å²) < 4.78 is 0. The second-order valence-corrected chi connectivity index (χ2v) is 6.81. The molecule has 2 heterocycles. The maximum atomic E-state index is 13.2. The van der Waals surface area contributed by atoms with Crippen molar-refractivity contribution in [3.05, 3.63) is 35.4 Å². The van der Waals surface area contributed by atoms with Crippen molar-refractivity contribution >= 4 is 23.6 Å². The van der Waals surface area contributed by atoms with Crippen LogP contribution in [0.5, 0.6) is 0 Å². The van der Waals surface area contributed by atoms with Crippen molar-refractivity contribution < 1.29 is 19.2 Å². The van der Waals surface area contributed by atoms with Gasteiger partial charge in [-0.25, -0.2) is 0 Å². The van der Waals surface area contributed by atoms with E-state index in [-0.39, 0.29) is 37.0 Å². The summed E-state index contributed by atoms with van der Waals surface area (Å²) in [6, 6.07) is 6.89. The van der Waals surface area contributed by atoms with Crippen LogP contribution in [-0.4, -0.2) is 34.6 Å². The number of likely N-dealkylation sites (tertiary alicyclic amines) is 1. The second kappa shape index (κ2) is 5.26. The third-order valence-electron chi connectivity index (χ3n) is 5.45. The molecular weight excluding hydrogens is 308 g/mol. The van der Waals surface area contributed by atoms with E-state index in [4.69, 9.17) is 0 Å². The molecule has 0 radical (unpaired) electrons. The average molecular weight is 326 g/mol. The molecule has 1 spiro atoms. The Hall–Kier alpha value is -2.50. The smallest absolute Gasteiger partial charge is 0.249 e. The first-order chi connectivity index (χ1) is 11.5. The number of amides is 4. The summed E-state index contributed by atoms with van der Waals surface area (Å²) in [6.07, 6.45) is 2.84. The second-order valence-electron chi connectivity index (χ2n) is 6.81. The molecule has 0 bridgehead atoms. The molecule has 1 aromatic rings. The van der Waals surface area contributed by atoms with Crippen LogP contribution in [0.15, 0.2) is 24.3 Å². The number of imide groups is 2. The standard InChI is InChI=1S/C18H18N2O4/c21-14-8-7-13(16(23)19-14)20-15(22)10-18(17(20)24)9-3-5-11-4-1-2-6-12(11)18/h1-2,4,6,13H,3,5,7-10H2,(H,19,21,23). The Bertz CT molecular complexity index is 772. The Morgan fingerprint density at radius 1 is 1.08 bits per heavy atom. The number of rotatable bonds is 1. The van der Waals surface area contributed by atoms with E-state index >= 15 is 0 Å². The highest BCUT2D eigenvalue weighted by Gasteiger charge is 2.57. The Morgan fingerprint density at radius 3 is 2.67 bits per heavy atom. The molecule has 1 aromatic carbocycles. The summed E-state index contributed by atoms with van der Waals surface area (Å²) in [7, 11) is 0. The van der Waals surface area contributed by atoms with Crippen LogP contribution < -0.4 is 5.32 Å². The van der Waals surface area contributed by atoms with E-state index in [1.807, 2.05) is 24.3 Å². The Labute approximate surface area is 139 Å². The molecule has 2 saturated heterocycles. The maximum Gasteiger partial charge on any atom is 0.249 e. The van der Waals surface area contributed by atoms with Crippen molar-refractivity contribution in [1.82, 2.24) is 10.2 Å². The van der Waals surface area contributed by atoms with Crippen LogP contribution in [0, 0.1) is 0 Å². The van der Waals surface area contributed by atoms with Crippen molar-refractivity contribution in [3.63, 3.8) is 0 Å². The van der Waals surface area contributed by atoms with Gasteiger partial charge in [0.2, 0.25) is 23.6 Å². The molecule has 6 nitrogen and oxygen atoms in total. The highest BCUT2D eigenvalue weighted by atomic mass is 16.2. The quantitative estimate of drug-likeness (QED) is 0.775. The minimum Gasteiger partial charge on any atom is -0.295 e. The predicted molar refractivity (Wildman–Crippen MR) is 83.7 cm³/mol. The average Bonchev–Trinajstić information content (AvgIpc) is 2.80. The molecule has 6 heteroatoms. The van der Waals surface area contributed by atoms with Gasteiger partial charge in [0.15, 0.2) is 0 Å². The first-order valence-corrected chi connectivity index (χ1v) is 8.31. The lowest BCUT2D eigenvalue weighted by Gasteiger charge is -2.35. The number of hydrogen-bond acceptors (Lipinski definition) is 4. The van der Waals surface area contributed by atoms with Gasteiger partial charge in [0.1, 0.15) is 6.04 Å². The van der Waals surface area contributed by atoms with Crippen molar-refractivity contribution in [3.8, 4) is 0 Å². The SMILES string of the molecule is O=C1CCC(N2C(=O)CC3(CCCc4ccccc43)C2=O)C(=O)N1. The number of carbonyl (C=O) groups excluding carboxylic acids is 4. The highest BCUT2D eigenvalue weighted by molar-refractivity contribution is 6.13. The fourth-order valence-corrected chi connectivity index (χ4v) is 4.33. The number of hydrogen-bond donors (Lipinski definition) is 1. The molecule has 1 N–H and O–H groups in total. The zero-order valence-electron chi connectivity index (χ0n) is 13.2. The molecule has 2 atom stereocenters. The number of fused-ring (bicyclic) bond motifs is 2. The first-order valence-electron chi connectivity index (χ1n) is 8.31. The lowest BCUT2D eigenvalue weighted by atomic mass is 9.69. The lowest BCUT2D eigenvalue weighted by molar-refractivity contribution is -0.151. The third kappa shape index (κ3) is 2.02. The predicted octanol–water partition coefficient (Wildman–Crippen LogP) is 0.825. The van der Waals surface area contributed by atoms with Crippen LogP contribution in [0.25, 0.3) is 0 Å². The molecule has 2 unspecified atom stereocenters. The molecular formula is C18H18N2O4. The minimum atomic E-state index is -0.865. The molecule has 2 aliphatic heterocycles. The first kappa shape index (κ1) is 15.1. The van der Waals surface area contributed by atoms with E-state index in [1.165, 1.54) is 0 Å². The molecule has 124 valence electrons. The largest absolute Gasteiger partial charge is 0.295 e. The van der Waals surface area contributed by atoms with E-state index in [0.717, 1.165) is 28.9 Å². The zero-order valence-corrected chi connectivity index (χ0v) is 13.2. The summed E-state index contributed by atoms with van der Waals surface area (Å²) in [5.74, 6) is -1.50. The summed E-state index contributed by atoms with van der Waals surface area (Å²) in [5.41, 5.74) is 1.19. The van der Waals surface area contributed by atoms with Gasteiger partial charge in [0.05, 0.1) is 5.41 Å². The monoisotopic (exact) mass is 326 g/mol. The van der Waals surface area contributed by atoms with Gasteiger partial charge < -0.3 is 0 Å². The van der Waals surface area contributed by atoms with Gasteiger partial charge >= 0.3 is 0 Å². The van der Waals surface area contributed by atoms with Gasteiger partial charge in [0.25, 0.3) is 0 Å². The molecule has 3 aliphatic rings. The van der Waals surface area contributed by atoms with Gasteiger partial charge in [-0.15, -0.1) is 0 Å². The van der Waals surface area contributed by atoms with E-state index in [0.29, 0.717) is 6.42 Å². The number of nitrogens with zero attached hydrogens (tertiary/aromatic N) is 1. The van der Waals surface area contributed by atoms with Crippen molar-refractivity contribution in [2.45, 2.75) is 50.0 Å². The topological polar surface area (TPSA) is 83.6 Å². The van der Waals surface area contributed by atoms with Crippen LogP contribution in [0.1, 0.15) is 43.2 Å². The Morgan fingerprint density at radius 2 is 1.88 bits per heavy atom. The van der Waals surface area contributed by atoms with E-state index in [2.05, 4.69) is 5.32 Å². The van der Waals surface area contributed by atoms with Gasteiger partial charge in [-0.05, 0) is 36.8 Å². The van der Waals surface area contributed by atoms with Crippen molar-refractivity contribution in [1.29, 1.82) is 0 Å². The van der Waals surface area contributed by atoms with Gasteiger partial charge in [0, 0.05) is 12.8 Å². The van der Waals surface area contributed by atoms with Gasteiger partial charge in [-0.1, -0.05) is 24.3 Å². The van der Waals surface area contributed by atoms with Crippen LogP contribution in [0.3, 0.4) is 0 Å². The molecule has 0 saturated carbocycles.